The smallest absolute Gasteiger partial charge is 0.182 e. The molecule has 5 nitrogen and oxygen atoms in total. The van der Waals surface area contributed by atoms with E-state index in [0.29, 0.717) is 31.1 Å². The summed E-state index contributed by atoms with van der Waals surface area (Å²) in [6.07, 6.45) is 0.493. The van der Waals surface area contributed by atoms with E-state index >= 15 is 0 Å². The Hall–Kier alpha value is -1.27. The lowest BCUT2D eigenvalue weighted by Crippen LogP contribution is -2.29. The second-order valence-corrected chi connectivity index (χ2v) is 6.34. The number of benzene rings is 1. The lowest BCUT2D eigenvalue weighted by Gasteiger charge is -2.20. The molecule has 1 aliphatic rings. The first kappa shape index (κ1) is 13.2. The minimum absolute atomic E-state index is 0.118. The Morgan fingerprint density at radius 1 is 1.28 bits per heavy atom. The number of rotatable bonds is 4. The predicted molar refractivity (Wildman–Crippen MR) is 67.8 cm³/mol. The van der Waals surface area contributed by atoms with Crippen molar-refractivity contribution in [1.82, 2.24) is 0 Å². The van der Waals surface area contributed by atoms with E-state index in [1.54, 1.807) is 12.1 Å². The number of ether oxygens (including phenoxy) is 2. The van der Waals surface area contributed by atoms with Crippen LogP contribution in [-0.2, 0) is 9.84 Å². The summed E-state index contributed by atoms with van der Waals surface area (Å²) in [5.74, 6) is 1.06. The monoisotopic (exact) mass is 271 g/mol. The Balaban J connectivity index is 2.39. The molecule has 0 radical (unpaired) electrons. The molecular formula is C12H17NO4S. The maximum absolute atomic E-state index is 12.3. The van der Waals surface area contributed by atoms with Crippen LogP contribution in [0.15, 0.2) is 23.1 Å². The second-order valence-electron chi connectivity index (χ2n) is 4.12. The van der Waals surface area contributed by atoms with Crippen molar-refractivity contribution < 1.29 is 17.9 Å². The first-order valence-corrected chi connectivity index (χ1v) is 7.47. The maximum Gasteiger partial charge on any atom is 0.182 e. The number of sulfone groups is 1. The molecule has 0 aliphatic carbocycles. The molecule has 0 saturated heterocycles. The molecule has 2 N–H and O–H groups in total. The molecule has 1 aromatic carbocycles. The first-order chi connectivity index (χ1) is 8.59. The van der Waals surface area contributed by atoms with Crippen LogP contribution in [0.3, 0.4) is 0 Å². The molecule has 0 amide bonds. The van der Waals surface area contributed by atoms with E-state index in [9.17, 15) is 8.42 Å². The van der Waals surface area contributed by atoms with Crippen LogP contribution < -0.4 is 15.2 Å². The molecule has 100 valence electrons. The van der Waals surface area contributed by atoms with Crippen LogP contribution >= 0.6 is 0 Å². The van der Waals surface area contributed by atoms with Crippen LogP contribution in [0.4, 0.5) is 0 Å². The zero-order valence-electron chi connectivity index (χ0n) is 10.3. The lowest BCUT2D eigenvalue weighted by atomic mass is 10.3. The highest BCUT2D eigenvalue weighted by atomic mass is 32.2. The Morgan fingerprint density at radius 3 is 2.56 bits per heavy atom. The Bertz CT molecular complexity index is 523. The van der Waals surface area contributed by atoms with Gasteiger partial charge in [-0.2, -0.15) is 0 Å². The third kappa shape index (κ3) is 2.30. The summed E-state index contributed by atoms with van der Waals surface area (Å²) in [5.41, 5.74) is 5.51. The molecule has 1 heterocycles. The Kier molecular flexibility index (Phi) is 3.77. The second kappa shape index (κ2) is 5.16. The lowest BCUT2D eigenvalue weighted by molar-refractivity contribution is 0.171. The molecule has 1 unspecified atom stereocenters. The SMILES string of the molecule is CCC(CN)S(=O)(=O)c1ccc2c(c1)OCCO2. The van der Waals surface area contributed by atoms with Crippen LogP contribution in [0.25, 0.3) is 0 Å². The minimum Gasteiger partial charge on any atom is -0.486 e. The van der Waals surface area contributed by atoms with Crippen LogP contribution in [0.5, 0.6) is 11.5 Å². The predicted octanol–water partition coefficient (Wildman–Crippen LogP) is 0.969. The van der Waals surface area contributed by atoms with Gasteiger partial charge in [-0.1, -0.05) is 6.92 Å². The maximum atomic E-state index is 12.3. The average molecular weight is 271 g/mol. The van der Waals surface area contributed by atoms with E-state index in [4.69, 9.17) is 15.2 Å². The van der Waals surface area contributed by atoms with Crippen molar-refractivity contribution in [2.45, 2.75) is 23.5 Å². The van der Waals surface area contributed by atoms with Gasteiger partial charge in [-0.25, -0.2) is 8.42 Å². The van der Waals surface area contributed by atoms with Crippen LogP contribution in [0.1, 0.15) is 13.3 Å². The number of nitrogens with two attached hydrogens (primary N) is 1. The third-order valence-corrected chi connectivity index (χ3v) is 5.31. The van der Waals surface area contributed by atoms with Crippen molar-refractivity contribution >= 4 is 9.84 Å². The van der Waals surface area contributed by atoms with E-state index < -0.39 is 15.1 Å². The molecule has 18 heavy (non-hydrogen) atoms. The van der Waals surface area contributed by atoms with Crippen molar-refractivity contribution in [3.63, 3.8) is 0 Å². The average Bonchev–Trinajstić information content (AvgIpc) is 2.39. The van der Waals surface area contributed by atoms with E-state index in [2.05, 4.69) is 0 Å². The molecule has 1 atom stereocenters. The van der Waals surface area contributed by atoms with Crippen LogP contribution in [0.2, 0.25) is 0 Å². The van der Waals surface area contributed by atoms with E-state index in [0.717, 1.165) is 0 Å². The summed E-state index contributed by atoms with van der Waals surface area (Å²) in [5, 5.41) is -0.556. The quantitative estimate of drug-likeness (QED) is 0.882. The van der Waals surface area contributed by atoms with Gasteiger partial charge in [-0.15, -0.1) is 0 Å². The molecule has 0 spiro atoms. The summed E-state index contributed by atoms with van der Waals surface area (Å²) >= 11 is 0. The van der Waals surface area contributed by atoms with Gasteiger partial charge in [-0.05, 0) is 18.6 Å². The van der Waals surface area contributed by atoms with Gasteiger partial charge in [0.1, 0.15) is 13.2 Å². The normalized spacial score (nSPS) is 16.3. The molecule has 0 saturated carbocycles. The molecule has 0 aromatic heterocycles. The Labute approximate surface area is 107 Å². The van der Waals surface area contributed by atoms with Gasteiger partial charge in [0.05, 0.1) is 10.1 Å². The van der Waals surface area contributed by atoms with Gasteiger partial charge < -0.3 is 15.2 Å². The van der Waals surface area contributed by atoms with Crippen LogP contribution in [0, 0.1) is 0 Å². The van der Waals surface area contributed by atoms with E-state index in [1.807, 2.05) is 6.92 Å². The molecule has 6 heteroatoms. The molecule has 0 fully saturated rings. The fourth-order valence-electron chi connectivity index (χ4n) is 1.91. The van der Waals surface area contributed by atoms with Gasteiger partial charge in [-0.3, -0.25) is 0 Å². The molecule has 1 aliphatic heterocycles. The third-order valence-electron chi connectivity index (χ3n) is 3.00. The van der Waals surface area contributed by atoms with Crippen molar-refractivity contribution in [3.8, 4) is 11.5 Å². The summed E-state index contributed by atoms with van der Waals surface area (Å²) in [6.45, 7) is 2.85. The highest BCUT2D eigenvalue weighted by Crippen LogP contribution is 2.33. The fourth-order valence-corrected chi connectivity index (χ4v) is 3.51. The van der Waals surface area contributed by atoms with Crippen molar-refractivity contribution in [2.75, 3.05) is 19.8 Å². The van der Waals surface area contributed by atoms with Gasteiger partial charge in [0.15, 0.2) is 21.3 Å². The molecule has 2 rings (SSSR count). The van der Waals surface area contributed by atoms with Gasteiger partial charge in [0.2, 0.25) is 0 Å². The molecule has 1 aromatic rings. The first-order valence-electron chi connectivity index (χ1n) is 5.93. The van der Waals surface area contributed by atoms with Crippen molar-refractivity contribution in [2.24, 2.45) is 5.73 Å². The fraction of sp³-hybridized carbons (Fsp3) is 0.500. The van der Waals surface area contributed by atoms with Crippen molar-refractivity contribution in [1.29, 1.82) is 0 Å². The topological polar surface area (TPSA) is 78.6 Å². The number of hydrogen-bond donors (Lipinski definition) is 1. The zero-order chi connectivity index (χ0) is 13.2. The number of hydrogen-bond acceptors (Lipinski definition) is 5. The molecular weight excluding hydrogens is 254 g/mol. The van der Waals surface area contributed by atoms with Crippen molar-refractivity contribution in [3.05, 3.63) is 18.2 Å². The van der Waals surface area contributed by atoms with E-state index in [1.165, 1.54) is 6.07 Å². The largest absolute Gasteiger partial charge is 0.486 e. The summed E-state index contributed by atoms with van der Waals surface area (Å²) < 4.78 is 35.4. The minimum atomic E-state index is -3.40. The standard InChI is InChI=1S/C12H17NO4S/c1-2-9(8-13)18(14,15)10-3-4-11-12(7-10)17-6-5-16-11/h3-4,7,9H,2,5-6,8,13H2,1H3. The Morgan fingerprint density at radius 2 is 1.94 bits per heavy atom. The molecule has 0 bridgehead atoms. The number of fused-ring (bicyclic) bond motifs is 1. The summed E-state index contributed by atoms with van der Waals surface area (Å²) in [4.78, 5) is 0.240. The zero-order valence-corrected chi connectivity index (χ0v) is 11.1. The summed E-state index contributed by atoms with van der Waals surface area (Å²) in [6, 6.07) is 4.69. The van der Waals surface area contributed by atoms with E-state index in [-0.39, 0.29) is 11.4 Å². The van der Waals surface area contributed by atoms with Gasteiger partial charge in [0, 0.05) is 12.6 Å². The van der Waals surface area contributed by atoms with Gasteiger partial charge in [0.25, 0.3) is 0 Å². The van der Waals surface area contributed by atoms with Gasteiger partial charge >= 0.3 is 0 Å². The van der Waals surface area contributed by atoms with Crippen LogP contribution in [-0.4, -0.2) is 33.4 Å². The summed E-state index contributed by atoms with van der Waals surface area (Å²) in [7, 11) is -3.40. The highest BCUT2D eigenvalue weighted by Gasteiger charge is 2.26. The highest BCUT2D eigenvalue weighted by molar-refractivity contribution is 7.92.